The van der Waals surface area contributed by atoms with Crippen molar-refractivity contribution in [2.75, 3.05) is 0 Å². The minimum Gasteiger partial charge on any atom is -0.392 e. The molecule has 1 fully saturated rings. The maximum atomic E-state index is 9.97. The molecule has 4 heteroatoms. The van der Waals surface area contributed by atoms with Gasteiger partial charge in [-0.2, -0.15) is 0 Å². The molecule has 0 amide bonds. The number of hydrogen-bond acceptors (Lipinski definition) is 3. The highest BCUT2D eigenvalue weighted by Gasteiger charge is 2.22. The zero-order chi connectivity index (χ0) is 13.2. The van der Waals surface area contributed by atoms with Crippen LogP contribution in [0.15, 0.2) is 24.3 Å². The molecule has 1 heterocycles. The van der Waals surface area contributed by atoms with Gasteiger partial charge in [0.1, 0.15) is 5.82 Å². The first-order chi connectivity index (χ1) is 9.25. The maximum Gasteiger partial charge on any atom is 0.123 e. The van der Waals surface area contributed by atoms with Crippen molar-refractivity contribution in [1.82, 2.24) is 14.9 Å². The van der Waals surface area contributed by atoms with Gasteiger partial charge in [-0.15, -0.1) is 0 Å². The van der Waals surface area contributed by atoms with E-state index in [2.05, 4.69) is 20.9 Å². The fraction of sp³-hybridized carbons (Fsp3) is 0.533. The molecule has 0 aliphatic heterocycles. The van der Waals surface area contributed by atoms with E-state index in [9.17, 15) is 5.11 Å². The summed E-state index contributed by atoms with van der Waals surface area (Å²) in [6, 6.07) is 8.38. The lowest BCUT2D eigenvalue weighted by atomic mass is 9.93. The molecule has 102 valence electrons. The monoisotopic (exact) mass is 259 g/mol. The molecule has 0 bridgehead atoms. The predicted octanol–water partition coefficient (Wildman–Crippen LogP) is 1.97. The van der Waals surface area contributed by atoms with Crippen molar-refractivity contribution in [3.05, 3.63) is 30.1 Å². The van der Waals surface area contributed by atoms with Gasteiger partial charge in [0.05, 0.1) is 23.7 Å². The van der Waals surface area contributed by atoms with E-state index in [1.54, 1.807) is 0 Å². The molecule has 0 radical (unpaired) electrons. The molecule has 4 nitrogen and oxygen atoms in total. The molecule has 2 aromatic rings. The molecular formula is C15H21N3O. The van der Waals surface area contributed by atoms with Crippen molar-refractivity contribution < 1.29 is 5.11 Å². The maximum absolute atomic E-state index is 9.97. The summed E-state index contributed by atoms with van der Waals surface area (Å²) in [6.45, 7) is 0.715. The van der Waals surface area contributed by atoms with Crippen molar-refractivity contribution in [2.24, 2.45) is 7.05 Å². The van der Waals surface area contributed by atoms with Gasteiger partial charge >= 0.3 is 0 Å². The summed E-state index contributed by atoms with van der Waals surface area (Å²) in [5.41, 5.74) is 2.19. The van der Waals surface area contributed by atoms with E-state index in [0.717, 1.165) is 36.1 Å². The van der Waals surface area contributed by atoms with Crippen LogP contribution in [0.4, 0.5) is 0 Å². The summed E-state index contributed by atoms with van der Waals surface area (Å²) in [7, 11) is 2.05. The number of aliphatic hydroxyl groups is 1. The lowest BCUT2D eigenvalue weighted by Crippen LogP contribution is -2.41. The van der Waals surface area contributed by atoms with Crippen LogP contribution in [0, 0.1) is 0 Å². The number of benzene rings is 1. The second kappa shape index (κ2) is 5.31. The molecule has 0 saturated heterocycles. The average molecular weight is 259 g/mol. The van der Waals surface area contributed by atoms with Gasteiger partial charge in [0.15, 0.2) is 0 Å². The molecule has 0 unspecified atom stereocenters. The Bertz CT molecular complexity index is 564. The summed E-state index contributed by atoms with van der Waals surface area (Å²) in [5.74, 6) is 1.03. The molecule has 1 saturated carbocycles. The molecule has 1 aliphatic carbocycles. The van der Waals surface area contributed by atoms with Crippen LogP contribution < -0.4 is 5.32 Å². The van der Waals surface area contributed by atoms with Gasteiger partial charge in [-0.1, -0.05) is 25.0 Å². The number of para-hydroxylation sites is 2. The Morgan fingerprint density at radius 3 is 2.89 bits per heavy atom. The van der Waals surface area contributed by atoms with E-state index in [1.165, 1.54) is 6.42 Å². The van der Waals surface area contributed by atoms with E-state index in [-0.39, 0.29) is 12.1 Å². The minimum absolute atomic E-state index is 0.205. The highest BCUT2D eigenvalue weighted by atomic mass is 16.3. The number of aliphatic hydroxyl groups excluding tert-OH is 1. The number of nitrogens with zero attached hydrogens (tertiary/aromatic N) is 2. The number of fused-ring (bicyclic) bond motifs is 1. The van der Waals surface area contributed by atoms with Crippen LogP contribution in [0.5, 0.6) is 0 Å². The molecule has 3 rings (SSSR count). The van der Waals surface area contributed by atoms with Gasteiger partial charge in [0, 0.05) is 13.1 Å². The lowest BCUT2D eigenvalue weighted by Gasteiger charge is -2.28. The molecule has 0 spiro atoms. The Labute approximate surface area is 113 Å². The van der Waals surface area contributed by atoms with E-state index in [1.807, 2.05) is 25.2 Å². The van der Waals surface area contributed by atoms with Crippen molar-refractivity contribution in [2.45, 2.75) is 44.4 Å². The average Bonchev–Trinajstić information content (AvgIpc) is 2.75. The van der Waals surface area contributed by atoms with Gasteiger partial charge in [0.25, 0.3) is 0 Å². The smallest absolute Gasteiger partial charge is 0.123 e. The zero-order valence-electron chi connectivity index (χ0n) is 11.3. The second-order valence-electron chi connectivity index (χ2n) is 5.41. The van der Waals surface area contributed by atoms with Crippen molar-refractivity contribution >= 4 is 11.0 Å². The van der Waals surface area contributed by atoms with Gasteiger partial charge in [0.2, 0.25) is 0 Å². The first-order valence-electron chi connectivity index (χ1n) is 7.07. The van der Waals surface area contributed by atoms with Crippen LogP contribution in [-0.4, -0.2) is 26.8 Å². The molecule has 1 aliphatic rings. The van der Waals surface area contributed by atoms with E-state index in [4.69, 9.17) is 0 Å². The first kappa shape index (κ1) is 12.6. The van der Waals surface area contributed by atoms with Crippen molar-refractivity contribution in [1.29, 1.82) is 0 Å². The van der Waals surface area contributed by atoms with E-state index in [0.29, 0.717) is 6.54 Å². The first-order valence-corrected chi connectivity index (χ1v) is 7.07. The Balaban J connectivity index is 1.73. The fourth-order valence-electron chi connectivity index (χ4n) is 2.93. The normalized spacial score (nSPS) is 23.9. The number of aromatic nitrogens is 2. The molecule has 1 aromatic carbocycles. The molecule has 1 aromatic heterocycles. The number of hydrogen-bond donors (Lipinski definition) is 2. The van der Waals surface area contributed by atoms with Crippen LogP contribution in [0.25, 0.3) is 11.0 Å². The van der Waals surface area contributed by atoms with Gasteiger partial charge in [-0.25, -0.2) is 4.98 Å². The van der Waals surface area contributed by atoms with Crippen LogP contribution in [0.3, 0.4) is 0 Å². The van der Waals surface area contributed by atoms with Crippen LogP contribution >= 0.6 is 0 Å². The highest BCUT2D eigenvalue weighted by Crippen LogP contribution is 2.19. The molecule has 2 atom stereocenters. The second-order valence-corrected chi connectivity index (χ2v) is 5.41. The van der Waals surface area contributed by atoms with E-state index >= 15 is 0 Å². The third kappa shape index (κ3) is 2.51. The summed E-state index contributed by atoms with van der Waals surface area (Å²) < 4.78 is 2.12. The van der Waals surface area contributed by atoms with Crippen molar-refractivity contribution in [3.8, 4) is 0 Å². The number of nitrogens with one attached hydrogen (secondary N) is 1. The van der Waals surface area contributed by atoms with Gasteiger partial charge in [-0.3, -0.25) is 0 Å². The van der Waals surface area contributed by atoms with Gasteiger partial charge in [-0.05, 0) is 25.0 Å². The molecule has 19 heavy (non-hydrogen) atoms. The summed E-state index contributed by atoms with van der Waals surface area (Å²) in [6.07, 6.45) is 4.12. The van der Waals surface area contributed by atoms with Crippen LogP contribution in [0.1, 0.15) is 31.5 Å². The summed E-state index contributed by atoms with van der Waals surface area (Å²) in [5, 5.41) is 13.4. The Hall–Kier alpha value is -1.39. The minimum atomic E-state index is -0.205. The summed E-state index contributed by atoms with van der Waals surface area (Å²) in [4.78, 5) is 4.64. The summed E-state index contributed by atoms with van der Waals surface area (Å²) >= 11 is 0. The number of aryl methyl sites for hydroxylation is 1. The fourth-order valence-corrected chi connectivity index (χ4v) is 2.93. The third-order valence-corrected chi connectivity index (χ3v) is 4.13. The standard InChI is InChI=1S/C15H21N3O/c1-18-13-8-4-2-6-11(13)17-15(18)10-16-12-7-3-5-9-14(12)19/h2,4,6,8,12,14,16,19H,3,5,7,9-10H2,1H3/t12-,14-/m0/s1. The van der Waals surface area contributed by atoms with Crippen LogP contribution in [0.2, 0.25) is 0 Å². The lowest BCUT2D eigenvalue weighted by molar-refractivity contribution is 0.0898. The SMILES string of the molecule is Cn1c(CN[C@H]2CCCC[C@@H]2O)nc2ccccc21. The number of rotatable bonds is 3. The van der Waals surface area contributed by atoms with E-state index < -0.39 is 0 Å². The quantitative estimate of drug-likeness (QED) is 0.886. The third-order valence-electron chi connectivity index (χ3n) is 4.13. The molecule has 2 N–H and O–H groups in total. The van der Waals surface area contributed by atoms with Gasteiger partial charge < -0.3 is 15.0 Å². The Morgan fingerprint density at radius 2 is 2.11 bits per heavy atom. The molecular weight excluding hydrogens is 238 g/mol. The predicted molar refractivity (Wildman–Crippen MR) is 75.8 cm³/mol. The largest absolute Gasteiger partial charge is 0.392 e. The topological polar surface area (TPSA) is 50.1 Å². The number of imidazole rings is 1. The van der Waals surface area contributed by atoms with Crippen LogP contribution in [-0.2, 0) is 13.6 Å². The highest BCUT2D eigenvalue weighted by molar-refractivity contribution is 5.75. The Kier molecular flexibility index (Phi) is 3.53. The Morgan fingerprint density at radius 1 is 1.32 bits per heavy atom. The van der Waals surface area contributed by atoms with Crippen molar-refractivity contribution in [3.63, 3.8) is 0 Å². The zero-order valence-corrected chi connectivity index (χ0v) is 11.3.